The second kappa shape index (κ2) is 10.4. The van der Waals surface area contributed by atoms with Gasteiger partial charge in [0.05, 0.1) is 30.3 Å². The smallest absolute Gasteiger partial charge is 0.276 e. The fourth-order valence-electron chi connectivity index (χ4n) is 4.44. The first kappa shape index (κ1) is 23.9. The molecule has 2 aliphatic rings. The standard InChI is InChI=1S/C24H30FN9O2/c1-26-13-22(35)31-16-6-4-15(5-7-16)30-21-10-19(29-14-2-3-14)23-28-12-20(34(23)33-21)24(36)32-18-8-9-27-11-17(18)25/h8-12,14-16,26,29H,2-7,13H2,1H3,(H,30,33)(H,31,35)(H,27,32,36)/t15-,16-. The SMILES string of the molecule is CNCC(=O)N[C@H]1CC[C@H](Nc2cc(NC3CC3)c3ncc(C(=O)Nc4ccncc4F)n3n2)CC1. The molecule has 0 atom stereocenters. The lowest BCUT2D eigenvalue weighted by Crippen LogP contribution is -2.43. The molecule has 5 N–H and O–H groups in total. The summed E-state index contributed by atoms with van der Waals surface area (Å²) < 4.78 is 15.5. The highest BCUT2D eigenvalue weighted by Crippen LogP contribution is 2.30. The maximum absolute atomic E-state index is 14.0. The third-order valence-corrected chi connectivity index (χ3v) is 6.44. The van der Waals surface area contributed by atoms with Gasteiger partial charge in [-0.15, -0.1) is 5.10 Å². The van der Waals surface area contributed by atoms with Gasteiger partial charge in [-0.3, -0.25) is 14.6 Å². The van der Waals surface area contributed by atoms with Crippen molar-refractivity contribution in [1.82, 2.24) is 30.2 Å². The third-order valence-electron chi connectivity index (χ3n) is 6.44. The number of carbonyl (C=O) groups excluding carboxylic acids is 2. The van der Waals surface area contributed by atoms with Gasteiger partial charge in [0.2, 0.25) is 5.91 Å². The van der Waals surface area contributed by atoms with E-state index >= 15 is 0 Å². The minimum atomic E-state index is -0.621. The molecule has 2 fully saturated rings. The fraction of sp³-hybridized carbons (Fsp3) is 0.458. The van der Waals surface area contributed by atoms with E-state index in [4.69, 9.17) is 0 Å². The Kier molecular flexibility index (Phi) is 6.94. The predicted octanol–water partition coefficient (Wildman–Crippen LogP) is 2.15. The Morgan fingerprint density at radius 1 is 1.03 bits per heavy atom. The average molecular weight is 496 g/mol. The van der Waals surface area contributed by atoms with Crippen LogP contribution in [0, 0.1) is 5.82 Å². The topological polar surface area (TPSA) is 137 Å². The van der Waals surface area contributed by atoms with E-state index in [1.807, 2.05) is 6.07 Å². The number of likely N-dealkylation sites (N-methyl/N-ethyl adjacent to an activating group) is 1. The van der Waals surface area contributed by atoms with Crippen molar-refractivity contribution in [3.8, 4) is 0 Å². The number of imidazole rings is 1. The molecule has 3 heterocycles. The summed E-state index contributed by atoms with van der Waals surface area (Å²) in [6.45, 7) is 0.313. The first-order chi connectivity index (χ1) is 17.5. The predicted molar refractivity (Wildman–Crippen MR) is 134 cm³/mol. The van der Waals surface area contributed by atoms with Gasteiger partial charge in [0, 0.05) is 30.4 Å². The molecule has 12 heteroatoms. The lowest BCUT2D eigenvalue weighted by Gasteiger charge is -2.30. The van der Waals surface area contributed by atoms with Gasteiger partial charge in [-0.25, -0.2) is 13.9 Å². The molecule has 11 nitrogen and oxygen atoms in total. The number of hydrogen-bond acceptors (Lipinski definition) is 8. The molecule has 36 heavy (non-hydrogen) atoms. The van der Waals surface area contributed by atoms with E-state index in [-0.39, 0.29) is 29.4 Å². The highest BCUT2D eigenvalue weighted by Gasteiger charge is 2.26. The summed E-state index contributed by atoms with van der Waals surface area (Å²) in [4.78, 5) is 33.0. The molecule has 0 saturated heterocycles. The van der Waals surface area contributed by atoms with E-state index in [0.717, 1.165) is 50.4 Å². The fourth-order valence-corrected chi connectivity index (χ4v) is 4.44. The molecule has 0 radical (unpaired) electrons. The van der Waals surface area contributed by atoms with Crippen molar-refractivity contribution in [2.75, 3.05) is 29.5 Å². The van der Waals surface area contributed by atoms with Crippen LogP contribution in [0.2, 0.25) is 0 Å². The van der Waals surface area contributed by atoms with Crippen molar-refractivity contribution < 1.29 is 14.0 Å². The van der Waals surface area contributed by atoms with Crippen molar-refractivity contribution >= 4 is 34.7 Å². The van der Waals surface area contributed by atoms with Crippen LogP contribution in [-0.2, 0) is 4.79 Å². The van der Waals surface area contributed by atoms with Crippen molar-refractivity contribution in [2.24, 2.45) is 0 Å². The molecule has 2 aliphatic carbocycles. The second-order valence-electron chi connectivity index (χ2n) is 9.34. The van der Waals surface area contributed by atoms with Gasteiger partial charge < -0.3 is 26.6 Å². The highest BCUT2D eigenvalue weighted by molar-refractivity contribution is 6.03. The third kappa shape index (κ3) is 5.54. The Morgan fingerprint density at radius 3 is 2.47 bits per heavy atom. The van der Waals surface area contributed by atoms with Crippen molar-refractivity contribution in [1.29, 1.82) is 0 Å². The van der Waals surface area contributed by atoms with Crippen LogP contribution in [0.1, 0.15) is 49.0 Å². The van der Waals surface area contributed by atoms with Crippen LogP contribution in [0.15, 0.2) is 30.7 Å². The average Bonchev–Trinajstić information content (AvgIpc) is 3.57. The van der Waals surface area contributed by atoms with Gasteiger partial charge in [0.15, 0.2) is 17.2 Å². The number of halogens is 1. The van der Waals surface area contributed by atoms with Crippen molar-refractivity contribution in [3.63, 3.8) is 0 Å². The number of anilines is 3. The minimum absolute atomic E-state index is 0.00869. The minimum Gasteiger partial charge on any atom is -0.379 e. The molecule has 5 rings (SSSR count). The van der Waals surface area contributed by atoms with E-state index in [0.29, 0.717) is 24.1 Å². The summed E-state index contributed by atoms with van der Waals surface area (Å²) >= 11 is 0. The molecular weight excluding hydrogens is 465 g/mol. The molecule has 190 valence electrons. The molecule has 0 spiro atoms. The number of carbonyl (C=O) groups is 2. The Bertz CT molecular complexity index is 1250. The van der Waals surface area contributed by atoms with E-state index in [1.165, 1.54) is 23.0 Å². The lowest BCUT2D eigenvalue weighted by molar-refractivity contribution is -0.121. The molecular formula is C24H30FN9O2. The molecule has 3 aromatic rings. The van der Waals surface area contributed by atoms with Crippen LogP contribution >= 0.6 is 0 Å². The van der Waals surface area contributed by atoms with E-state index in [2.05, 4.69) is 41.7 Å². The number of rotatable bonds is 9. The Morgan fingerprint density at radius 2 is 1.75 bits per heavy atom. The van der Waals surface area contributed by atoms with E-state index in [1.54, 1.807) is 7.05 Å². The zero-order valence-corrected chi connectivity index (χ0v) is 20.1. The van der Waals surface area contributed by atoms with Crippen LogP contribution in [-0.4, -0.2) is 63.1 Å². The monoisotopic (exact) mass is 495 g/mol. The zero-order chi connectivity index (χ0) is 25.1. The zero-order valence-electron chi connectivity index (χ0n) is 20.1. The number of hydrogen-bond donors (Lipinski definition) is 5. The Balaban J connectivity index is 1.33. The van der Waals surface area contributed by atoms with Crippen LogP contribution in [0.4, 0.5) is 21.6 Å². The molecule has 0 unspecified atom stereocenters. The summed E-state index contributed by atoms with van der Waals surface area (Å²) in [5.41, 5.74) is 1.55. The van der Waals surface area contributed by atoms with Crippen LogP contribution in [0.5, 0.6) is 0 Å². The van der Waals surface area contributed by atoms with E-state index < -0.39 is 11.7 Å². The lowest BCUT2D eigenvalue weighted by atomic mass is 9.91. The number of aromatic nitrogens is 4. The Hall–Kier alpha value is -3.80. The number of nitrogens with zero attached hydrogens (tertiary/aromatic N) is 4. The maximum Gasteiger partial charge on any atom is 0.276 e. The first-order valence-corrected chi connectivity index (χ1v) is 12.3. The number of nitrogens with one attached hydrogen (secondary N) is 5. The molecule has 3 aromatic heterocycles. The van der Waals surface area contributed by atoms with Crippen LogP contribution in [0.25, 0.3) is 5.65 Å². The highest BCUT2D eigenvalue weighted by atomic mass is 19.1. The number of fused-ring (bicyclic) bond motifs is 1. The summed E-state index contributed by atoms with van der Waals surface area (Å²) in [5, 5.41) is 20.1. The number of pyridine rings is 1. The van der Waals surface area contributed by atoms with Crippen LogP contribution in [0.3, 0.4) is 0 Å². The second-order valence-corrected chi connectivity index (χ2v) is 9.34. The molecule has 0 aromatic carbocycles. The van der Waals surface area contributed by atoms with Gasteiger partial charge >= 0.3 is 0 Å². The largest absolute Gasteiger partial charge is 0.379 e. The molecule has 2 amide bonds. The Labute approximate surface area is 207 Å². The summed E-state index contributed by atoms with van der Waals surface area (Å²) in [6.07, 6.45) is 9.57. The van der Waals surface area contributed by atoms with Gasteiger partial charge in [-0.1, -0.05) is 0 Å². The normalized spacial score (nSPS) is 19.6. The van der Waals surface area contributed by atoms with Gasteiger partial charge in [-0.05, 0) is 51.6 Å². The summed E-state index contributed by atoms with van der Waals surface area (Å²) in [6, 6.07) is 4.05. The van der Waals surface area contributed by atoms with Gasteiger partial charge in [0.25, 0.3) is 5.91 Å². The summed E-state index contributed by atoms with van der Waals surface area (Å²) in [5.74, 6) is -0.513. The quantitative estimate of drug-likeness (QED) is 0.305. The first-order valence-electron chi connectivity index (χ1n) is 12.3. The van der Waals surface area contributed by atoms with Crippen LogP contribution < -0.4 is 26.6 Å². The van der Waals surface area contributed by atoms with Gasteiger partial charge in [-0.2, -0.15) is 0 Å². The maximum atomic E-state index is 14.0. The summed E-state index contributed by atoms with van der Waals surface area (Å²) in [7, 11) is 1.75. The molecule has 2 saturated carbocycles. The number of amides is 2. The molecule has 0 bridgehead atoms. The van der Waals surface area contributed by atoms with Crippen molar-refractivity contribution in [2.45, 2.75) is 56.7 Å². The molecule has 0 aliphatic heterocycles. The van der Waals surface area contributed by atoms with E-state index in [9.17, 15) is 14.0 Å². The van der Waals surface area contributed by atoms with Crippen molar-refractivity contribution in [3.05, 3.63) is 42.2 Å². The van der Waals surface area contributed by atoms with Gasteiger partial charge in [0.1, 0.15) is 5.82 Å².